The highest BCUT2D eigenvalue weighted by Gasteiger charge is 2.25. The number of para-hydroxylation sites is 2. The normalized spacial score (nSPS) is 11.6. The van der Waals surface area contributed by atoms with E-state index in [4.69, 9.17) is 4.42 Å². The molecule has 0 spiro atoms. The number of hydrogen-bond donors (Lipinski definition) is 0. The van der Waals surface area contributed by atoms with Crippen LogP contribution in [0, 0.1) is 0 Å². The van der Waals surface area contributed by atoms with Gasteiger partial charge in [0.1, 0.15) is 11.2 Å². The third-order valence-corrected chi connectivity index (χ3v) is 13.5. The van der Waals surface area contributed by atoms with Crippen LogP contribution in [0.15, 0.2) is 253 Å². The molecule has 13 aromatic rings. The molecule has 0 unspecified atom stereocenters. The summed E-state index contributed by atoms with van der Waals surface area (Å²) in [5.41, 5.74) is 14.1. The van der Waals surface area contributed by atoms with Crippen molar-refractivity contribution in [3.8, 4) is 44.5 Å². The lowest BCUT2D eigenvalue weighted by Gasteiger charge is -2.29. The van der Waals surface area contributed by atoms with E-state index in [0.29, 0.717) is 0 Å². The van der Waals surface area contributed by atoms with Gasteiger partial charge in [0.25, 0.3) is 0 Å². The molecule has 308 valence electrons. The van der Waals surface area contributed by atoms with E-state index in [9.17, 15) is 0 Å². The van der Waals surface area contributed by atoms with Gasteiger partial charge in [0.15, 0.2) is 0 Å². The Morgan fingerprint density at radius 2 is 0.803 bits per heavy atom. The van der Waals surface area contributed by atoms with Crippen LogP contribution < -0.4 is 4.90 Å². The van der Waals surface area contributed by atoms with Gasteiger partial charge < -0.3 is 9.32 Å². The Hall–Kier alpha value is -8.72. The summed E-state index contributed by atoms with van der Waals surface area (Å²) in [4.78, 5) is 2.46. The minimum atomic E-state index is 0.855. The second kappa shape index (κ2) is 15.5. The number of fused-ring (bicyclic) bond motifs is 10. The van der Waals surface area contributed by atoms with Crippen LogP contribution in [0.4, 0.5) is 17.1 Å². The molecule has 0 aliphatic heterocycles. The standard InChI is InChI=1S/C64H41NO/c1-2-18-42(19-3-1)47-24-6-7-26-49(47)44-22-16-23-46(40-44)65(61-39-38-57(51-33-17-21-43-20-4-5-25-48(43)51)64-63(61)58-32-13-15-35-62(58)66-64)60-34-14-12-27-50(60)45-36-37-56-54-30-9-8-28-52(54)53-29-10-11-31-55(53)59(56)41-45/h1-41H. The SMILES string of the molecule is c1ccc(-c2ccccc2-c2cccc(N(c3ccccc3-c3ccc4c5ccccc5c5ccccc5c4c3)c3ccc(-c4cccc5ccccc45)c4oc5ccccc5c34)c2)cc1. The van der Waals surface area contributed by atoms with Crippen LogP contribution in [0.1, 0.15) is 0 Å². The molecule has 13 rings (SSSR count). The van der Waals surface area contributed by atoms with Gasteiger partial charge in [-0.2, -0.15) is 0 Å². The van der Waals surface area contributed by atoms with Crippen LogP contribution in [0.25, 0.3) is 110 Å². The quantitative estimate of drug-likeness (QED) is 0.149. The molecule has 0 amide bonds. The zero-order chi connectivity index (χ0) is 43.6. The average Bonchev–Trinajstić information content (AvgIpc) is 3.79. The van der Waals surface area contributed by atoms with Crippen molar-refractivity contribution >= 4 is 82.1 Å². The van der Waals surface area contributed by atoms with E-state index in [1.54, 1.807) is 0 Å². The first kappa shape index (κ1) is 37.8. The number of benzene rings is 12. The molecule has 0 bridgehead atoms. The maximum atomic E-state index is 7.02. The van der Waals surface area contributed by atoms with Crippen LogP contribution in [0.3, 0.4) is 0 Å². The Bertz CT molecular complexity index is 3970. The van der Waals surface area contributed by atoms with Crippen LogP contribution in [-0.4, -0.2) is 0 Å². The minimum absolute atomic E-state index is 0.855. The molecular formula is C64H41NO. The molecule has 66 heavy (non-hydrogen) atoms. The van der Waals surface area contributed by atoms with E-state index in [1.807, 2.05) is 0 Å². The highest BCUT2D eigenvalue weighted by atomic mass is 16.3. The summed E-state index contributed by atoms with van der Waals surface area (Å²) in [7, 11) is 0. The van der Waals surface area contributed by atoms with Crippen molar-refractivity contribution in [1.82, 2.24) is 0 Å². The second-order valence-electron chi connectivity index (χ2n) is 17.1. The highest BCUT2D eigenvalue weighted by molar-refractivity contribution is 6.26. The lowest BCUT2D eigenvalue weighted by Crippen LogP contribution is -2.12. The van der Waals surface area contributed by atoms with Gasteiger partial charge in [0.05, 0.1) is 16.8 Å². The summed E-state index contributed by atoms with van der Waals surface area (Å²) in [6.07, 6.45) is 0. The summed E-state index contributed by atoms with van der Waals surface area (Å²) in [5, 5.41) is 12.1. The van der Waals surface area contributed by atoms with Gasteiger partial charge in [-0.3, -0.25) is 0 Å². The minimum Gasteiger partial charge on any atom is -0.455 e. The molecule has 0 saturated carbocycles. The van der Waals surface area contributed by atoms with Crippen LogP contribution in [0.5, 0.6) is 0 Å². The molecule has 0 aliphatic carbocycles. The lowest BCUT2D eigenvalue weighted by molar-refractivity contribution is 0.670. The molecule has 0 saturated heterocycles. The zero-order valence-electron chi connectivity index (χ0n) is 36.0. The Kier molecular flexibility index (Phi) is 8.89. The van der Waals surface area contributed by atoms with Crippen LogP contribution in [-0.2, 0) is 0 Å². The Morgan fingerprint density at radius 1 is 0.273 bits per heavy atom. The Morgan fingerprint density at radius 3 is 1.58 bits per heavy atom. The van der Waals surface area contributed by atoms with Crippen molar-refractivity contribution in [2.24, 2.45) is 0 Å². The van der Waals surface area contributed by atoms with E-state index >= 15 is 0 Å². The van der Waals surface area contributed by atoms with Crippen molar-refractivity contribution in [3.63, 3.8) is 0 Å². The zero-order valence-corrected chi connectivity index (χ0v) is 36.0. The van der Waals surface area contributed by atoms with Gasteiger partial charge in [-0.1, -0.05) is 206 Å². The highest BCUT2D eigenvalue weighted by Crippen LogP contribution is 2.50. The molecule has 2 heteroatoms. The van der Waals surface area contributed by atoms with E-state index in [1.165, 1.54) is 59.8 Å². The smallest absolute Gasteiger partial charge is 0.145 e. The Balaban J connectivity index is 1.09. The number of hydrogen-bond acceptors (Lipinski definition) is 2. The van der Waals surface area contributed by atoms with Crippen molar-refractivity contribution in [3.05, 3.63) is 249 Å². The molecular weight excluding hydrogens is 799 g/mol. The molecule has 0 aliphatic rings. The maximum Gasteiger partial charge on any atom is 0.145 e. The predicted molar refractivity (Wildman–Crippen MR) is 280 cm³/mol. The second-order valence-corrected chi connectivity index (χ2v) is 17.1. The average molecular weight is 840 g/mol. The molecule has 0 N–H and O–H groups in total. The summed E-state index contributed by atoms with van der Waals surface area (Å²) in [6.45, 7) is 0. The number of rotatable bonds is 7. The van der Waals surface area contributed by atoms with Crippen LogP contribution >= 0.6 is 0 Å². The fourth-order valence-electron chi connectivity index (χ4n) is 10.5. The molecule has 1 aromatic heterocycles. The first-order valence-electron chi connectivity index (χ1n) is 22.7. The summed E-state index contributed by atoms with van der Waals surface area (Å²) in [5.74, 6) is 0. The monoisotopic (exact) mass is 839 g/mol. The van der Waals surface area contributed by atoms with E-state index in [2.05, 4.69) is 254 Å². The van der Waals surface area contributed by atoms with Crippen molar-refractivity contribution in [1.29, 1.82) is 0 Å². The van der Waals surface area contributed by atoms with Gasteiger partial charge >= 0.3 is 0 Å². The molecule has 0 fully saturated rings. The fraction of sp³-hybridized carbons (Fsp3) is 0. The van der Waals surface area contributed by atoms with E-state index < -0.39 is 0 Å². The molecule has 2 nitrogen and oxygen atoms in total. The van der Waals surface area contributed by atoms with E-state index in [0.717, 1.165) is 66.8 Å². The summed E-state index contributed by atoms with van der Waals surface area (Å²) in [6, 6.07) is 90.2. The predicted octanol–water partition coefficient (Wildman–Crippen LogP) is 18.3. The molecule has 0 atom stereocenters. The van der Waals surface area contributed by atoms with Crippen molar-refractivity contribution < 1.29 is 4.42 Å². The van der Waals surface area contributed by atoms with Gasteiger partial charge in [-0.05, 0) is 119 Å². The van der Waals surface area contributed by atoms with Crippen LogP contribution in [0.2, 0.25) is 0 Å². The van der Waals surface area contributed by atoms with Gasteiger partial charge in [0.2, 0.25) is 0 Å². The van der Waals surface area contributed by atoms with Crippen molar-refractivity contribution in [2.45, 2.75) is 0 Å². The van der Waals surface area contributed by atoms with Gasteiger partial charge in [-0.25, -0.2) is 0 Å². The first-order chi connectivity index (χ1) is 32.8. The number of nitrogens with zero attached hydrogens (tertiary/aromatic N) is 1. The molecule has 1 heterocycles. The maximum absolute atomic E-state index is 7.02. The third-order valence-electron chi connectivity index (χ3n) is 13.5. The molecule has 0 radical (unpaired) electrons. The lowest BCUT2D eigenvalue weighted by atomic mass is 9.91. The first-order valence-corrected chi connectivity index (χ1v) is 22.7. The summed E-state index contributed by atoms with van der Waals surface area (Å²) >= 11 is 0. The Labute approximate surface area is 382 Å². The third kappa shape index (κ3) is 6.11. The molecule has 12 aromatic carbocycles. The topological polar surface area (TPSA) is 16.4 Å². The van der Waals surface area contributed by atoms with E-state index in [-0.39, 0.29) is 0 Å². The fourth-order valence-corrected chi connectivity index (χ4v) is 10.5. The van der Waals surface area contributed by atoms with Crippen molar-refractivity contribution in [2.75, 3.05) is 4.90 Å². The van der Waals surface area contributed by atoms with Gasteiger partial charge in [0, 0.05) is 22.2 Å². The largest absolute Gasteiger partial charge is 0.455 e. The number of furan rings is 1. The summed E-state index contributed by atoms with van der Waals surface area (Å²) < 4.78 is 7.02. The number of anilines is 3. The van der Waals surface area contributed by atoms with Gasteiger partial charge in [-0.15, -0.1) is 0 Å².